The molecule has 26 heavy (non-hydrogen) atoms. The molecule has 1 amide bonds. The lowest BCUT2D eigenvalue weighted by molar-refractivity contribution is -0.114. The zero-order valence-electron chi connectivity index (χ0n) is 14.6. The molecule has 2 aromatic rings. The fourth-order valence-corrected chi connectivity index (χ4v) is 3.95. The number of carbonyl (C=O) groups excluding carboxylic acids is 2. The Morgan fingerprint density at radius 3 is 2.50 bits per heavy atom. The number of anilines is 2. The average Bonchev–Trinajstić information content (AvgIpc) is 2.87. The number of ketones is 1. The van der Waals surface area contributed by atoms with E-state index in [9.17, 15) is 9.59 Å². The second-order valence-electron chi connectivity index (χ2n) is 6.81. The monoisotopic (exact) mass is 413 g/mol. The Morgan fingerprint density at radius 2 is 1.77 bits per heavy atom. The molecule has 2 aliphatic rings. The quantitative estimate of drug-likeness (QED) is 0.725. The minimum absolute atomic E-state index is 0.417. The molecule has 2 aromatic carbocycles. The fourth-order valence-electron chi connectivity index (χ4n) is 3.59. The van der Waals surface area contributed by atoms with Crippen molar-refractivity contribution >= 4 is 39.0 Å². The molecule has 6 heteroatoms. The highest BCUT2D eigenvalue weighted by Crippen LogP contribution is 2.31. The van der Waals surface area contributed by atoms with Crippen molar-refractivity contribution in [2.45, 2.75) is 6.92 Å². The lowest BCUT2D eigenvalue weighted by Gasteiger charge is -2.37. The molecule has 4 rings (SSSR count). The molecule has 0 bridgehead atoms. The highest BCUT2D eigenvalue weighted by Gasteiger charge is 2.37. The van der Waals surface area contributed by atoms with Gasteiger partial charge in [0.05, 0.1) is 17.9 Å². The van der Waals surface area contributed by atoms with Gasteiger partial charge in [0.2, 0.25) is 0 Å². The van der Waals surface area contributed by atoms with Crippen LogP contribution in [0, 0.1) is 6.92 Å². The van der Waals surface area contributed by atoms with Crippen LogP contribution >= 0.6 is 15.9 Å². The second-order valence-corrected chi connectivity index (χ2v) is 7.72. The number of benzene rings is 2. The number of aryl methyl sites for hydroxylation is 1. The van der Waals surface area contributed by atoms with Gasteiger partial charge in [-0.25, -0.2) is 0 Å². The van der Waals surface area contributed by atoms with E-state index in [1.807, 2.05) is 12.1 Å². The Balaban J connectivity index is 1.44. The van der Waals surface area contributed by atoms with Crippen molar-refractivity contribution in [2.75, 3.05) is 42.6 Å². The molecule has 5 nitrogen and oxygen atoms in total. The topological polar surface area (TPSA) is 43.9 Å². The first kappa shape index (κ1) is 17.2. The molecule has 1 fully saturated rings. The van der Waals surface area contributed by atoms with Crippen LogP contribution in [-0.2, 0) is 4.79 Å². The third-order valence-electron chi connectivity index (χ3n) is 5.01. The van der Waals surface area contributed by atoms with Gasteiger partial charge in [0.1, 0.15) is 0 Å². The number of nitrogens with zero attached hydrogens (tertiary/aromatic N) is 3. The molecule has 2 heterocycles. The van der Waals surface area contributed by atoms with Crippen LogP contribution in [0.2, 0.25) is 0 Å². The molecule has 1 saturated heterocycles. The highest BCUT2D eigenvalue weighted by molar-refractivity contribution is 9.10. The zero-order chi connectivity index (χ0) is 18.3. The van der Waals surface area contributed by atoms with Crippen molar-refractivity contribution in [2.24, 2.45) is 0 Å². The SMILES string of the molecule is Cc1cccc(N2CCN(CN3C(=O)C(=O)c4cc(Br)ccc43)CC2)c1. The summed E-state index contributed by atoms with van der Waals surface area (Å²) in [4.78, 5) is 30.8. The number of hydrogen-bond donors (Lipinski definition) is 0. The maximum atomic E-state index is 12.4. The molecule has 0 unspecified atom stereocenters. The van der Waals surface area contributed by atoms with Gasteiger partial charge in [-0.05, 0) is 42.8 Å². The summed E-state index contributed by atoms with van der Waals surface area (Å²) in [6, 6.07) is 14.0. The van der Waals surface area contributed by atoms with Gasteiger partial charge in [0.15, 0.2) is 0 Å². The molecule has 134 valence electrons. The Kier molecular flexibility index (Phi) is 4.54. The summed E-state index contributed by atoms with van der Waals surface area (Å²) in [6.07, 6.45) is 0. The van der Waals surface area contributed by atoms with Gasteiger partial charge in [-0.2, -0.15) is 0 Å². The number of rotatable bonds is 3. The number of halogens is 1. The molecule has 0 radical (unpaired) electrons. The molecule has 0 spiro atoms. The lowest BCUT2D eigenvalue weighted by atomic mass is 10.1. The number of fused-ring (bicyclic) bond motifs is 1. The maximum Gasteiger partial charge on any atom is 0.300 e. The number of carbonyl (C=O) groups is 2. The second kappa shape index (κ2) is 6.85. The van der Waals surface area contributed by atoms with Gasteiger partial charge >= 0.3 is 5.91 Å². The summed E-state index contributed by atoms with van der Waals surface area (Å²) in [6.45, 7) is 6.10. The molecule has 0 aliphatic carbocycles. The van der Waals surface area contributed by atoms with E-state index in [0.717, 1.165) is 30.7 Å². The van der Waals surface area contributed by atoms with Crippen LogP contribution in [0.15, 0.2) is 46.9 Å². The van der Waals surface area contributed by atoms with Gasteiger partial charge in [0.25, 0.3) is 5.78 Å². The van der Waals surface area contributed by atoms with Crippen LogP contribution in [0.4, 0.5) is 11.4 Å². The van der Waals surface area contributed by atoms with Gasteiger partial charge in [0, 0.05) is 36.3 Å². The predicted molar refractivity (Wildman–Crippen MR) is 106 cm³/mol. The first-order valence-corrected chi connectivity index (χ1v) is 9.52. The molecule has 2 aliphatic heterocycles. The van der Waals surface area contributed by atoms with E-state index in [1.165, 1.54) is 11.3 Å². The van der Waals surface area contributed by atoms with Gasteiger partial charge < -0.3 is 4.90 Å². The van der Waals surface area contributed by atoms with E-state index >= 15 is 0 Å². The number of hydrogen-bond acceptors (Lipinski definition) is 4. The minimum atomic E-state index is -0.431. The van der Waals surface area contributed by atoms with E-state index < -0.39 is 11.7 Å². The Labute approximate surface area is 161 Å². The molecular formula is C20H20BrN3O2. The summed E-state index contributed by atoms with van der Waals surface area (Å²) in [5.41, 5.74) is 3.70. The van der Waals surface area contributed by atoms with Crippen molar-refractivity contribution in [3.63, 3.8) is 0 Å². The first-order chi connectivity index (χ1) is 12.5. The minimum Gasteiger partial charge on any atom is -0.369 e. The normalized spacial score (nSPS) is 17.8. The molecule has 0 atom stereocenters. The molecule has 0 aromatic heterocycles. The Bertz CT molecular complexity index is 875. The zero-order valence-corrected chi connectivity index (χ0v) is 16.2. The summed E-state index contributed by atoms with van der Waals surface area (Å²) in [5, 5.41) is 0. The number of piperazine rings is 1. The average molecular weight is 414 g/mol. The highest BCUT2D eigenvalue weighted by atomic mass is 79.9. The van der Waals surface area contributed by atoms with Crippen molar-refractivity contribution in [3.8, 4) is 0 Å². The third kappa shape index (κ3) is 3.15. The molecule has 0 saturated carbocycles. The van der Waals surface area contributed by atoms with Crippen LogP contribution in [-0.4, -0.2) is 49.4 Å². The van der Waals surface area contributed by atoms with E-state index in [-0.39, 0.29) is 0 Å². The van der Waals surface area contributed by atoms with Crippen molar-refractivity contribution < 1.29 is 9.59 Å². The number of Topliss-reactive ketones (excluding diaryl/α,β-unsaturated/α-hetero) is 1. The summed E-state index contributed by atoms with van der Waals surface area (Å²) < 4.78 is 0.811. The molecular weight excluding hydrogens is 394 g/mol. The van der Waals surface area contributed by atoms with Gasteiger partial charge in [-0.3, -0.25) is 19.4 Å². The smallest absolute Gasteiger partial charge is 0.300 e. The van der Waals surface area contributed by atoms with Crippen molar-refractivity contribution in [1.29, 1.82) is 0 Å². The molecule has 0 N–H and O–H groups in total. The summed E-state index contributed by atoms with van der Waals surface area (Å²) in [7, 11) is 0. The first-order valence-electron chi connectivity index (χ1n) is 8.72. The van der Waals surface area contributed by atoms with Crippen LogP contribution in [0.5, 0.6) is 0 Å². The lowest BCUT2D eigenvalue weighted by Crippen LogP contribution is -2.51. The fraction of sp³-hybridized carbons (Fsp3) is 0.300. The summed E-state index contributed by atoms with van der Waals surface area (Å²) in [5.74, 6) is -0.848. The van der Waals surface area contributed by atoms with E-state index in [0.29, 0.717) is 17.9 Å². The van der Waals surface area contributed by atoms with E-state index in [2.05, 4.69) is 56.9 Å². The summed E-state index contributed by atoms with van der Waals surface area (Å²) >= 11 is 3.37. The van der Waals surface area contributed by atoms with Crippen molar-refractivity contribution in [3.05, 3.63) is 58.1 Å². The van der Waals surface area contributed by atoms with E-state index in [1.54, 1.807) is 11.0 Å². The largest absolute Gasteiger partial charge is 0.369 e. The predicted octanol–water partition coefficient (Wildman–Crippen LogP) is 3.07. The third-order valence-corrected chi connectivity index (χ3v) is 5.51. The van der Waals surface area contributed by atoms with Gasteiger partial charge in [-0.15, -0.1) is 0 Å². The maximum absolute atomic E-state index is 12.4. The van der Waals surface area contributed by atoms with Crippen LogP contribution in [0.25, 0.3) is 0 Å². The van der Waals surface area contributed by atoms with Crippen molar-refractivity contribution in [1.82, 2.24) is 4.90 Å². The van der Waals surface area contributed by atoms with E-state index in [4.69, 9.17) is 0 Å². The van der Waals surface area contributed by atoms with Crippen LogP contribution in [0.1, 0.15) is 15.9 Å². The van der Waals surface area contributed by atoms with Crippen LogP contribution < -0.4 is 9.80 Å². The standard InChI is InChI=1S/C20H20BrN3O2/c1-14-3-2-4-16(11-14)23-9-7-22(8-10-23)13-24-18-6-5-15(21)12-17(18)19(25)20(24)26/h2-6,11-12H,7-10,13H2,1H3. The van der Waals surface area contributed by atoms with Crippen LogP contribution in [0.3, 0.4) is 0 Å². The van der Waals surface area contributed by atoms with Gasteiger partial charge in [-0.1, -0.05) is 28.1 Å². The Morgan fingerprint density at radius 1 is 1.00 bits per heavy atom. The number of amides is 1. The Hall–Kier alpha value is -2.18.